The number of nitrogens with one attached hydrogen (secondary N) is 2. The fraction of sp³-hybridized carbons (Fsp3) is 0.0870. The summed E-state index contributed by atoms with van der Waals surface area (Å²) in [7, 11) is 3.09. The van der Waals surface area contributed by atoms with Crippen molar-refractivity contribution in [3.8, 4) is 23.0 Å². The maximum absolute atomic E-state index is 12.5. The van der Waals surface area contributed by atoms with Crippen LogP contribution in [0.4, 0.5) is 5.69 Å². The molecule has 156 valence electrons. The topological polar surface area (TPSA) is 85.6 Å². The third-order valence-corrected chi connectivity index (χ3v) is 4.75. The van der Waals surface area contributed by atoms with Gasteiger partial charge in [0.25, 0.3) is 5.91 Å². The zero-order valence-electron chi connectivity index (χ0n) is 16.8. The SMILES string of the molecule is COc1cccc(C(=O)NC(=S)Nc2cc(-c3nc4ccccc4o3)ccc2OC)c1. The minimum atomic E-state index is -0.356. The fourth-order valence-corrected chi connectivity index (χ4v) is 3.23. The highest BCUT2D eigenvalue weighted by Crippen LogP contribution is 2.31. The summed E-state index contributed by atoms with van der Waals surface area (Å²) in [5.74, 6) is 1.25. The second-order valence-electron chi connectivity index (χ2n) is 6.54. The number of hydrogen-bond acceptors (Lipinski definition) is 6. The number of nitrogens with zero attached hydrogens (tertiary/aromatic N) is 1. The number of methoxy groups -OCH3 is 2. The fourth-order valence-electron chi connectivity index (χ4n) is 3.03. The van der Waals surface area contributed by atoms with Gasteiger partial charge < -0.3 is 19.2 Å². The standard InChI is InChI=1S/C23H19N3O4S/c1-28-16-7-5-6-14(12-16)21(27)26-23(31)25-18-13-15(10-11-19(18)29-2)22-24-17-8-3-4-9-20(17)30-22/h3-13H,1-2H3,(H2,25,26,27,31). The lowest BCUT2D eigenvalue weighted by Crippen LogP contribution is -2.34. The lowest BCUT2D eigenvalue weighted by Gasteiger charge is -2.14. The molecule has 2 N–H and O–H groups in total. The van der Waals surface area contributed by atoms with Gasteiger partial charge in [0, 0.05) is 11.1 Å². The summed E-state index contributed by atoms with van der Waals surface area (Å²) in [6, 6.07) is 19.8. The Labute approximate surface area is 184 Å². The van der Waals surface area contributed by atoms with Crippen LogP contribution in [0.1, 0.15) is 10.4 Å². The van der Waals surface area contributed by atoms with E-state index in [0.717, 1.165) is 11.1 Å². The number of aromatic nitrogens is 1. The first kappa shape index (κ1) is 20.4. The first-order chi connectivity index (χ1) is 15.1. The van der Waals surface area contributed by atoms with Gasteiger partial charge in [-0.3, -0.25) is 10.1 Å². The van der Waals surface area contributed by atoms with E-state index in [9.17, 15) is 4.79 Å². The number of amides is 1. The van der Waals surface area contributed by atoms with Crippen LogP contribution in [-0.4, -0.2) is 30.2 Å². The van der Waals surface area contributed by atoms with Gasteiger partial charge in [-0.1, -0.05) is 18.2 Å². The van der Waals surface area contributed by atoms with Gasteiger partial charge in [-0.05, 0) is 60.7 Å². The Morgan fingerprint density at radius 3 is 2.61 bits per heavy atom. The van der Waals surface area contributed by atoms with Gasteiger partial charge in [-0.2, -0.15) is 0 Å². The van der Waals surface area contributed by atoms with Crippen LogP contribution in [0.2, 0.25) is 0 Å². The third-order valence-electron chi connectivity index (χ3n) is 4.55. The minimum absolute atomic E-state index is 0.126. The Balaban J connectivity index is 1.54. The summed E-state index contributed by atoms with van der Waals surface area (Å²) in [5.41, 5.74) is 3.20. The lowest BCUT2D eigenvalue weighted by molar-refractivity contribution is 0.0977. The predicted molar refractivity (Wildman–Crippen MR) is 123 cm³/mol. The Kier molecular flexibility index (Phi) is 5.81. The summed E-state index contributed by atoms with van der Waals surface area (Å²) in [5, 5.41) is 5.79. The molecule has 1 amide bonds. The van der Waals surface area contributed by atoms with Gasteiger partial charge >= 0.3 is 0 Å². The van der Waals surface area contributed by atoms with Crippen molar-refractivity contribution in [1.29, 1.82) is 0 Å². The zero-order chi connectivity index (χ0) is 21.8. The van der Waals surface area contributed by atoms with Gasteiger partial charge in [0.2, 0.25) is 5.89 Å². The van der Waals surface area contributed by atoms with Crippen molar-refractivity contribution in [3.05, 3.63) is 72.3 Å². The zero-order valence-corrected chi connectivity index (χ0v) is 17.7. The molecule has 0 fully saturated rings. The highest BCUT2D eigenvalue weighted by molar-refractivity contribution is 7.80. The molecule has 4 aromatic rings. The predicted octanol–water partition coefficient (Wildman–Crippen LogP) is 4.64. The maximum atomic E-state index is 12.5. The van der Waals surface area contributed by atoms with Crippen molar-refractivity contribution >= 4 is 40.0 Å². The van der Waals surface area contributed by atoms with E-state index in [1.54, 1.807) is 50.6 Å². The molecule has 0 atom stereocenters. The number of fused-ring (bicyclic) bond motifs is 1. The third kappa shape index (κ3) is 4.49. The highest BCUT2D eigenvalue weighted by atomic mass is 32.1. The van der Waals surface area contributed by atoms with Gasteiger partial charge in [0.15, 0.2) is 10.7 Å². The quantitative estimate of drug-likeness (QED) is 0.444. The monoisotopic (exact) mass is 433 g/mol. The van der Waals surface area contributed by atoms with Crippen molar-refractivity contribution in [2.75, 3.05) is 19.5 Å². The van der Waals surface area contributed by atoms with Crippen LogP contribution in [0.25, 0.3) is 22.6 Å². The van der Waals surface area contributed by atoms with Crippen LogP contribution in [-0.2, 0) is 0 Å². The maximum Gasteiger partial charge on any atom is 0.257 e. The van der Waals surface area contributed by atoms with E-state index in [1.807, 2.05) is 30.3 Å². The van der Waals surface area contributed by atoms with Crippen molar-refractivity contribution in [1.82, 2.24) is 10.3 Å². The molecule has 0 bridgehead atoms. The molecule has 31 heavy (non-hydrogen) atoms. The summed E-state index contributed by atoms with van der Waals surface area (Å²) in [6.45, 7) is 0. The van der Waals surface area contributed by atoms with Crippen molar-refractivity contribution in [3.63, 3.8) is 0 Å². The summed E-state index contributed by atoms with van der Waals surface area (Å²) >= 11 is 5.32. The molecule has 0 saturated heterocycles. The van der Waals surface area contributed by atoms with Gasteiger partial charge in [0.1, 0.15) is 17.0 Å². The molecule has 1 aromatic heterocycles. The molecule has 0 aliphatic carbocycles. The van der Waals surface area contributed by atoms with E-state index in [-0.39, 0.29) is 11.0 Å². The molecule has 8 heteroatoms. The second kappa shape index (κ2) is 8.85. The Bertz CT molecular complexity index is 1240. The number of benzene rings is 3. The van der Waals surface area contributed by atoms with E-state index >= 15 is 0 Å². The van der Waals surface area contributed by atoms with Crippen LogP contribution < -0.4 is 20.1 Å². The van der Waals surface area contributed by atoms with E-state index in [4.69, 9.17) is 26.1 Å². The molecule has 4 rings (SSSR count). The highest BCUT2D eigenvalue weighted by Gasteiger charge is 2.14. The number of anilines is 1. The van der Waals surface area contributed by atoms with E-state index in [2.05, 4.69) is 15.6 Å². The van der Waals surface area contributed by atoms with Crippen molar-refractivity contribution in [2.45, 2.75) is 0 Å². The van der Waals surface area contributed by atoms with Crippen LogP contribution >= 0.6 is 12.2 Å². The Hall–Kier alpha value is -3.91. The van der Waals surface area contributed by atoms with Gasteiger partial charge in [-0.25, -0.2) is 4.98 Å². The minimum Gasteiger partial charge on any atom is -0.497 e. The average molecular weight is 433 g/mol. The van der Waals surface area contributed by atoms with Crippen LogP contribution in [0, 0.1) is 0 Å². The first-order valence-corrected chi connectivity index (χ1v) is 9.78. The lowest BCUT2D eigenvalue weighted by atomic mass is 10.2. The number of rotatable bonds is 5. The molecule has 1 heterocycles. The Morgan fingerprint density at radius 2 is 1.84 bits per heavy atom. The van der Waals surface area contributed by atoms with Crippen molar-refractivity contribution in [2.24, 2.45) is 0 Å². The van der Waals surface area contributed by atoms with E-state index in [0.29, 0.717) is 34.2 Å². The molecule has 3 aromatic carbocycles. The second-order valence-corrected chi connectivity index (χ2v) is 6.95. The number of carbonyl (C=O) groups is 1. The molecule has 7 nitrogen and oxygen atoms in total. The van der Waals surface area contributed by atoms with Crippen LogP contribution in [0.3, 0.4) is 0 Å². The molecular formula is C23H19N3O4S. The molecule has 0 aliphatic heterocycles. The Morgan fingerprint density at radius 1 is 1.00 bits per heavy atom. The van der Waals surface area contributed by atoms with E-state index < -0.39 is 0 Å². The molecule has 0 saturated carbocycles. The molecule has 0 aliphatic rings. The summed E-state index contributed by atoms with van der Waals surface area (Å²) < 4.78 is 16.4. The molecule has 0 spiro atoms. The number of oxazole rings is 1. The van der Waals surface area contributed by atoms with Gasteiger partial charge in [0.05, 0.1) is 19.9 Å². The number of para-hydroxylation sites is 2. The average Bonchev–Trinajstić information content (AvgIpc) is 3.23. The normalized spacial score (nSPS) is 10.5. The largest absolute Gasteiger partial charge is 0.497 e. The van der Waals surface area contributed by atoms with Crippen LogP contribution in [0.5, 0.6) is 11.5 Å². The molecule has 0 radical (unpaired) electrons. The molecular weight excluding hydrogens is 414 g/mol. The number of ether oxygens (including phenoxy) is 2. The summed E-state index contributed by atoms with van der Waals surface area (Å²) in [4.78, 5) is 17.0. The first-order valence-electron chi connectivity index (χ1n) is 9.38. The number of hydrogen-bond donors (Lipinski definition) is 2. The number of carbonyl (C=O) groups excluding carboxylic acids is 1. The van der Waals surface area contributed by atoms with Crippen molar-refractivity contribution < 1.29 is 18.7 Å². The molecule has 0 unspecified atom stereocenters. The number of thiocarbonyl (C=S) groups is 1. The van der Waals surface area contributed by atoms with Crippen LogP contribution in [0.15, 0.2) is 71.1 Å². The summed E-state index contributed by atoms with van der Waals surface area (Å²) in [6.07, 6.45) is 0. The van der Waals surface area contributed by atoms with Gasteiger partial charge in [-0.15, -0.1) is 0 Å². The van der Waals surface area contributed by atoms with E-state index in [1.165, 1.54) is 0 Å². The smallest absolute Gasteiger partial charge is 0.257 e.